The van der Waals surface area contributed by atoms with Crippen molar-refractivity contribution in [3.05, 3.63) is 59.3 Å². The van der Waals surface area contributed by atoms with Crippen LogP contribution in [0, 0.1) is 24.6 Å². The maximum absolute atomic E-state index is 14.5. The van der Waals surface area contributed by atoms with E-state index in [4.69, 9.17) is 0 Å². The number of carbonyl (C=O) groups is 2. The molecule has 0 radical (unpaired) electrons. The average Bonchev–Trinajstić information content (AvgIpc) is 3.62. The first-order chi connectivity index (χ1) is 19.4. The Balaban J connectivity index is 1.27. The second-order valence-corrected chi connectivity index (χ2v) is 12.2. The maximum atomic E-state index is 14.5. The number of carbonyl (C=O) groups excluding carboxylic acids is 2. The number of benzene rings is 1. The summed E-state index contributed by atoms with van der Waals surface area (Å²) in [6.07, 6.45) is 12.6. The number of rotatable bonds is 6. The number of hydrogen-bond donors (Lipinski definition) is 1. The molecular formula is C32H40FN5O2. The third-order valence-corrected chi connectivity index (χ3v) is 9.29. The Bertz CT molecular complexity index is 1420. The topological polar surface area (TPSA) is 70.5 Å². The standard InChI is InChI=1S/C32H40FN5O2/c1-21-16-34-17-29-31(21)25(14-24-10-13-36(19-24)18-23-5-8-30(39)35-11-9-23)20-38(29)28-7-6-26(33)15-27(28)32(40)37-12-3-4-22(37)2/h6-7,15-17,20,22-24H,3-5,8-14,18-19H2,1-2H3,(H,35,39)/t22-,23-,24+/m1/s1. The van der Waals surface area contributed by atoms with Gasteiger partial charge in [-0.2, -0.15) is 0 Å². The summed E-state index contributed by atoms with van der Waals surface area (Å²) < 4.78 is 16.5. The van der Waals surface area contributed by atoms with Gasteiger partial charge in [-0.25, -0.2) is 4.39 Å². The SMILES string of the molecule is Cc1cncc2c1c(C[C@@H]1CCN(C[C@H]3CCNC(=O)CC3)C1)cn2-c1ccc(F)cc1C(=O)N1CCC[C@H]1C. The number of nitrogens with zero attached hydrogens (tertiary/aromatic N) is 4. The minimum absolute atomic E-state index is 0.106. The van der Waals surface area contributed by atoms with E-state index in [0.717, 1.165) is 75.8 Å². The van der Waals surface area contributed by atoms with E-state index < -0.39 is 5.82 Å². The minimum Gasteiger partial charge on any atom is -0.356 e. The van der Waals surface area contributed by atoms with Crippen molar-refractivity contribution < 1.29 is 14.0 Å². The Hall–Kier alpha value is -3.26. The van der Waals surface area contributed by atoms with Crippen LogP contribution < -0.4 is 5.32 Å². The fraction of sp³-hybridized carbons (Fsp3) is 0.531. The molecule has 212 valence electrons. The number of aromatic nitrogens is 2. The molecule has 3 saturated heterocycles. The third kappa shape index (κ3) is 5.38. The lowest BCUT2D eigenvalue weighted by molar-refractivity contribution is -0.120. The number of fused-ring (bicyclic) bond motifs is 1. The molecule has 0 unspecified atom stereocenters. The summed E-state index contributed by atoms with van der Waals surface area (Å²) in [6, 6.07) is 4.73. The van der Waals surface area contributed by atoms with Crippen molar-refractivity contribution in [1.29, 1.82) is 0 Å². The predicted molar refractivity (Wildman–Crippen MR) is 154 cm³/mol. The Morgan fingerprint density at radius 1 is 1.12 bits per heavy atom. The maximum Gasteiger partial charge on any atom is 0.256 e. The van der Waals surface area contributed by atoms with Crippen LogP contribution in [-0.2, 0) is 11.2 Å². The van der Waals surface area contributed by atoms with E-state index >= 15 is 0 Å². The molecule has 0 bridgehead atoms. The Morgan fingerprint density at radius 2 is 2.00 bits per heavy atom. The Kier molecular flexibility index (Phi) is 7.62. The van der Waals surface area contributed by atoms with Crippen LogP contribution in [0.15, 0.2) is 36.8 Å². The largest absolute Gasteiger partial charge is 0.356 e. The van der Waals surface area contributed by atoms with E-state index in [9.17, 15) is 14.0 Å². The summed E-state index contributed by atoms with van der Waals surface area (Å²) in [5.74, 6) is 0.789. The zero-order valence-corrected chi connectivity index (χ0v) is 23.7. The van der Waals surface area contributed by atoms with Crippen molar-refractivity contribution in [2.24, 2.45) is 11.8 Å². The van der Waals surface area contributed by atoms with Crippen LogP contribution in [0.4, 0.5) is 4.39 Å². The summed E-state index contributed by atoms with van der Waals surface area (Å²) in [7, 11) is 0. The number of aryl methyl sites for hydroxylation is 1. The lowest BCUT2D eigenvalue weighted by Gasteiger charge is -2.23. The van der Waals surface area contributed by atoms with Gasteiger partial charge in [-0.1, -0.05) is 0 Å². The fourth-order valence-electron chi connectivity index (χ4n) is 7.16. The second kappa shape index (κ2) is 11.3. The number of nitrogens with one attached hydrogen (secondary N) is 1. The molecule has 8 heteroatoms. The van der Waals surface area contributed by atoms with Crippen molar-refractivity contribution in [1.82, 2.24) is 24.7 Å². The van der Waals surface area contributed by atoms with Crippen LogP contribution >= 0.6 is 0 Å². The lowest BCUT2D eigenvalue weighted by Crippen LogP contribution is -2.34. The van der Waals surface area contributed by atoms with Gasteiger partial charge < -0.3 is 19.7 Å². The molecule has 3 aliphatic heterocycles. The Morgan fingerprint density at radius 3 is 2.83 bits per heavy atom. The van der Waals surface area contributed by atoms with E-state index in [1.165, 1.54) is 23.1 Å². The summed E-state index contributed by atoms with van der Waals surface area (Å²) in [5, 5.41) is 4.18. The normalized spacial score (nSPS) is 24.0. The summed E-state index contributed by atoms with van der Waals surface area (Å²) in [5.41, 5.74) is 4.43. The molecule has 0 aliphatic carbocycles. The van der Waals surface area contributed by atoms with Gasteiger partial charge in [0.2, 0.25) is 5.91 Å². The van der Waals surface area contributed by atoms with Crippen molar-refractivity contribution in [2.45, 2.75) is 64.8 Å². The zero-order valence-electron chi connectivity index (χ0n) is 23.7. The van der Waals surface area contributed by atoms with Crippen LogP contribution in [0.1, 0.15) is 66.9 Å². The highest BCUT2D eigenvalue weighted by atomic mass is 19.1. The van der Waals surface area contributed by atoms with Gasteiger partial charge in [0.15, 0.2) is 0 Å². The molecule has 5 heterocycles. The molecule has 1 N–H and O–H groups in total. The van der Waals surface area contributed by atoms with Crippen LogP contribution in [0.5, 0.6) is 0 Å². The highest BCUT2D eigenvalue weighted by Gasteiger charge is 2.30. The molecule has 7 nitrogen and oxygen atoms in total. The quantitative estimate of drug-likeness (QED) is 0.480. The van der Waals surface area contributed by atoms with Gasteiger partial charge >= 0.3 is 0 Å². The first-order valence-electron chi connectivity index (χ1n) is 14.9. The van der Waals surface area contributed by atoms with Crippen LogP contribution in [0.3, 0.4) is 0 Å². The summed E-state index contributed by atoms with van der Waals surface area (Å²) in [6.45, 7) is 8.87. The number of amides is 2. The number of likely N-dealkylation sites (tertiary alicyclic amines) is 2. The zero-order chi connectivity index (χ0) is 27.8. The van der Waals surface area contributed by atoms with Crippen molar-refractivity contribution >= 4 is 22.7 Å². The number of hydrogen-bond acceptors (Lipinski definition) is 4. The van der Waals surface area contributed by atoms with Gasteiger partial charge in [-0.3, -0.25) is 14.6 Å². The first kappa shape index (κ1) is 26.9. The number of pyridine rings is 1. The highest BCUT2D eigenvalue weighted by molar-refractivity contribution is 5.99. The number of halogens is 1. The van der Waals surface area contributed by atoms with Crippen molar-refractivity contribution in [3.8, 4) is 5.69 Å². The summed E-state index contributed by atoms with van der Waals surface area (Å²) >= 11 is 0. The molecule has 40 heavy (non-hydrogen) atoms. The van der Waals surface area contributed by atoms with E-state index in [2.05, 4.69) is 39.8 Å². The molecule has 1 aromatic carbocycles. The first-order valence-corrected chi connectivity index (χ1v) is 14.9. The molecular weight excluding hydrogens is 505 g/mol. The average molecular weight is 546 g/mol. The monoisotopic (exact) mass is 545 g/mol. The molecule has 3 atom stereocenters. The fourth-order valence-corrected chi connectivity index (χ4v) is 7.16. The highest BCUT2D eigenvalue weighted by Crippen LogP contribution is 2.33. The Labute approximate surface area is 235 Å². The smallest absolute Gasteiger partial charge is 0.256 e. The molecule has 0 saturated carbocycles. The van der Waals surface area contributed by atoms with Crippen LogP contribution in [0.25, 0.3) is 16.6 Å². The molecule has 3 aliphatic rings. The summed E-state index contributed by atoms with van der Waals surface area (Å²) in [4.78, 5) is 34.3. The van der Waals surface area contributed by atoms with Crippen molar-refractivity contribution in [2.75, 3.05) is 32.7 Å². The molecule has 3 aromatic rings. The van der Waals surface area contributed by atoms with Gasteiger partial charge in [-0.05, 0) is 100 Å². The lowest BCUT2D eigenvalue weighted by atomic mass is 9.97. The molecule has 6 rings (SSSR count). The second-order valence-electron chi connectivity index (χ2n) is 12.2. The van der Waals surface area contributed by atoms with Crippen molar-refractivity contribution in [3.63, 3.8) is 0 Å². The van der Waals surface area contributed by atoms with Crippen LogP contribution in [-0.4, -0.2) is 69.9 Å². The third-order valence-electron chi connectivity index (χ3n) is 9.29. The molecule has 2 amide bonds. The van der Waals surface area contributed by atoms with Gasteiger partial charge in [0.05, 0.1) is 23.0 Å². The van der Waals surface area contributed by atoms with E-state index in [0.29, 0.717) is 36.1 Å². The van der Waals surface area contributed by atoms with E-state index in [-0.39, 0.29) is 17.9 Å². The molecule has 3 fully saturated rings. The van der Waals surface area contributed by atoms with E-state index in [1.807, 2.05) is 17.3 Å². The predicted octanol–water partition coefficient (Wildman–Crippen LogP) is 4.88. The van der Waals surface area contributed by atoms with Gasteiger partial charge in [0, 0.05) is 56.4 Å². The van der Waals surface area contributed by atoms with Gasteiger partial charge in [0.25, 0.3) is 5.91 Å². The van der Waals surface area contributed by atoms with Gasteiger partial charge in [-0.15, -0.1) is 0 Å². The van der Waals surface area contributed by atoms with E-state index in [1.54, 1.807) is 6.07 Å². The molecule has 2 aromatic heterocycles. The minimum atomic E-state index is -0.398. The van der Waals surface area contributed by atoms with Crippen LogP contribution in [0.2, 0.25) is 0 Å². The van der Waals surface area contributed by atoms with Gasteiger partial charge in [0.1, 0.15) is 5.82 Å². The molecule has 0 spiro atoms.